The highest BCUT2D eigenvalue weighted by Crippen LogP contribution is 2.31. The minimum absolute atomic E-state index is 0.120. The maximum atomic E-state index is 13.4. The second-order valence-electron chi connectivity index (χ2n) is 7.01. The first kappa shape index (κ1) is 19.8. The number of nitrogens with zero attached hydrogens (tertiary/aromatic N) is 2. The van der Waals surface area contributed by atoms with Gasteiger partial charge in [-0.1, -0.05) is 35.9 Å². The van der Waals surface area contributed by atoms with E-state index in [0.29, 0.717) is 29.1 Å². The fraction of sp³-hybridized carbons (Fsp3) is 0.238. The van der Waals surface area contributed by atoms with Crippen LogP contribution in [0.25, 0.3) is 10.9 Å². The molecule has 0 saturated carbocycles. The summed E-state index contributed by atoms with van der Waals surface area (Å²) in [7, 11) is -3.89. The van der Waals surface area contributed by atoms with Gasteiger partial charge in [0, 0.05) is 28.8 Å². The molecule has 1 N–H and O–H groups in total. The van der Waals surface area contributed by atoms with Crippen LogP contribution < -0.4 is 5.32 Å². The van der Waals surface area contributed by atoms with E-state index in [-0.39, 0.29) is 17.3 Å². The van der Waals surface area contributed by atoms with Crippen molar-refractivity contribution in [1.29, 1.82) is 0 Å². The summed E-state index contributed by atoms with van der Waals surface area (Å²) in [6.45, 7) is 2.10. The molecule has 1 aliphatic rings. The van der Waals surface area contributed by atoms with Gasteiger partial charge in [0.1, 0.15) is 10.9 Å². The van der Waals surface area contributed by atoms with E-state index in [1.165, 1.54) is 4.31 Å². The van der Waals surface area contributed by atoms with E-state index in [2.05, 4.69) is 10.3 Å². The van der Waals surface area contributed by atoms with E-state index in [1.54, 1.807) is 42.6 Å². The molecule has 1 fully saturated rings. The van der Waals surface area contributed by atoms with Crippen molar-refractivity contribution in [3.63, 3.8) is 0 Å². The summed E-state index contributed by atoms with van der Waals surface area (Å²) in [5.74, 6) is -0.357. The molecule has 0 radical (unpaired) electrons. The third-order valence-corrected chi connectivity index (χ3v) is 7.56. The molecule has 150 valence electrons. The molecule has 0 bridgehead atoms. The molecule has 0 aliphatic carbocycles. The highest BCUT2D eigenvalue weighted by atomic mass is 35.5. The van der Waals surface area contributed by atoms with Crippen molar-refractivity contribution in [3.05, 3.63) is 65.3 Å². The number of rotatable bonds is 4. The molecule has 1 aliphatic heterocycles. The Morgan fingerprint density at radius 2 is 1.93 bits per heavy atom. The highest BCUT2D eigenvalue weighted by molar-refractivity contribution is 7.89. The van der Waals surface area contributed by atoms with E-state index in [4.69, 9.17) is 11.6 Å². The summed E-state index contributed by atoms with van der Waals surface area (Å²) in [4.78, 5) is 17.3. The molecule has 1 amide bonds. The van der Waals surface area contributed by atoms with Crippen LogP contribution in [0.15, 0.2) is 59.6 Å². The summed E-state index contributed by atoms with van der Waals surface area (Å²) in [6.07, 6.45) is 2.64. The Balaban J connectivity index is 1.67. The Morgan fingerprint density at radius 1 is 1.17 bits per heavy atom. The molecule has 1 unspecified atom stereocenters. The quantitative estimate of drug-likeness (QED) is 0.680. The summed E-state index contributed by atoms with van der Waals surface area (Å²) >= 11 is 6.13. The van der Waals surface area contributed by atoms with Gasteiger partial charge in [-0.2, -0.15) is 4.31 Å². The normalized spacial score (nSPS) is 17.5. The first-order chi connectivity index (χ1) is 13.9. The number of hydrogen-bond acceptors (Lipinski definition) is 4. The lowest BCUT2D eigenvalue weighted by Gasteiger charge is -2.24. The van der Waals surface area contributed by atoms with Crippen LogP contribution in [0.4, 0.5) is 5.69 Å². The average molecular weight is 430 g/mol. The molecular formula is C21H20ClN3O3S. The van der Waals surface area contributed by atoms with E-state index >= 15 is 0 Å². The average Bonchev–Trinajstić information content (AvgIpc) is 3.22. The summed E-state index contributed by atoms with van der Waals surface area (Å²) in [5.41, 5.74) is 1.73. The van der Waals surface area contributed by atoms with Gasteiger partial charge in [0.2, 0.25) is 15.9 Å². The molecule has 1 saturated heterocycles. The molecule has 29 heavy (non-hydrogen) atoms. The van der Waals surface area contributed by atoms with Gasteiger partial charge in [0.25, 0.3) is 0 Å². The number of pyridine rings is 1. The fourth-order valence-corrected chi connectivity index (χ4v) is 5.66. The Morgan fingerprint density at radius 3 is 2.76 bits per heavy atom. The molecule has 1 atom stereocenters. The van der Waals surface area contributed by atoms with Gasteiger partial charge in [-0.05, 0) is 49.6 Å². The fourth-order valence-electron chi connectivity index (χ4n) is 3.66. The van der Waals surface area contributed by atoms with E-state index in [0.717, 1.165) is 10.9 Å². The SMILES string of the molecule is Cc1c(Cl)cccc1NC(=O)C1CCCN1S(=O)(=O)c1cccc2cccnc12. The van der Waals surface area contributed by atoms with E-state index in [1.807, 2.05) is 19.1 Å². The van der Waals surface area contributed by atoms with Crippen molar-refractivity contribution >= 4 is 44.1 Å². The number of hydrogen-bond donors (Lipinski definition) is 1. The largest absolute Gasteiger partial charge is 0.324 e. The van der Waals surface area contributed by atoms with Gasteiger partial charge in [0.05, 0.1) is 5.52 Å². The molecule has 3 aromatic rings. The Bertz CT molecular complexity index is 1190. The number of halogens is 1. The maximum absolute atomic E-state index is 13.4. The van der Waals surface area contributed by atoms with Gasteiger partial charge < -0.3 is 5.32 Å². The molecule has 2 aromatic carbocycles. The third-order valence-electron chi connectivity index (χ3n) is 5.21. The van der Waals surface area contributed by atoms with Gasteiger partial charge in [-0.25, -0.2) is 8.42 Å². The van der Waals surface area contributed by atoms with Gasteiger partial charge >= 0.3 is 0 Å². The molecule has 6 nitrogen and oxygen atoms in total. The Kier molecular flexibility index (Phi) is 5.29. The number of sulfonamides is 1. The van der Waals surface area contributed by atoms with Crippen LogP contribution in [0.2, 0.25) is 5.02 Å². The number of carbonyl (C=O) groups is 1. The van der Waals surface area contributed by atoms with Gasteiger partial charge in [-0.15, -0.1) is 0 Å². The lowest BCUT2D eigenvalue weighted by Crippen LogP contribution is -2.43. The predicted molar refractivity (Wildman–Crippen MR) is 113 cm³/mol. The first-order valence-electron chi connectivity index (χ1n) is 9.31. The summed E-state index contributed by atoms with van der Waals surface area (Å²) in [6, 6.07) is 13.1. The van der Waals surface area contributed by atoms with Crippen LogP contribution in [0, 0.1) is 6.92 Å². The number of fused-ring (bicyclic) bond motifs is 1. The second kappa shape index (κ2) is 7.74. The zero-order valence-electron chi connectivity index (χ0n) is 15.8. The Labute approximate surface area is 174 Å². The van der Waals surface area contributed by atoms with E-state index in [9.17, 15) is 13.2 Å². The van der Waals surface area contributed by atoms with Gasteiger partial charge in [0.15, 0.2) is 0 Å². The lowest BCUT2D eigenvalue weighted by molar-refractivity contribution is -0.119. The number of benzene rings is 2. The topological polar surface area (TPSA) is 79.4 Å². The number of para-hydroxylation sites is 1. The number of nitrogens with one attached hydrogen (secondary N) is 1. The van der Waals surface area contributed by atoms with Crippen molar-refractivity contribution in [2.75, 3.05) is 11.9 Å². The van der Waals surface area contributed by atoms with Crippen LogP contribution in [0.1, 0.15) is 18.4 Å². The molecule has 4 rings (SSSR count). The first-order valence-corrected chi connectivity index (χ1v) is 11.1. The minimum Gasteiger partial charge on any atom is -0.324 e. The smallest absolute Gasteiger partial charge is 0.245 e. The van der Waals surface area contributed by atoms with Crippen LogP contribution in [-0.2, 0) is 14.8 Å². The zero-order chi connectivity index (χ0) is 20.6. The van der Waals surface area contributed by atoms with Crippen molar-refractivity contribution in [1.82, 2.24) is 9.29 Å². The number of amides is 1. The summed E-state index contributed by atoms with van der Waals surface area (Å²) < 4.78 is 28.1. The van der Waals surface area contributed by atoms with Gasteiger partial charge in [-0.3, -0.25) is 9.78 Å². The number of aromatic nitrogens is 1. The van der Waals surface area contributed by atoms with Crippen LogP contribution >= 0.6 is 11.6 Å². The van der Waals surface area contributed by atoms with Crippen LogP contribution in [-0.4, -0.2) is 36.2 Å². The summed E-state index contributed by atoms with van der Waals surface area (Å²) in [5, 5.41) is 4.12. The minimum atomic E-state index is -3.89. The maximum Gasteiger partial charge on any atom is 0.245 e. The van der Waals surface area contributed by atoms with Crippen LogP contribution in [0.5, 0.6) is 0 Å². The zero-order valence-corrected chi connectivity index (χ0v) is 17.4. The highest BCUT2D eigenvalue weighted by Gasteiger charge is 2.40. The lowest BCUT2D eigenvalue weighted by atomic mass is 10.1. The third kappa shape index (κ3) is 3.61. The molecule has 1 aromatic heterocycles. The van der Waals surface area contributed by atoms with Crippen molar-refractivity contribution < 1.29 is 13.2 Å². The molecule has 8 heteroatoms. The van der Waals surface area contributed by atoms with Crippen molar-refractivity contribution in [2.24, 2.45) is 0 Å². The molecule has 0 spiro atoms. The number of carbonyl (C=O) groups excluding carboxylic acids is 1. The Hall–Kier alpha value is -2.48. The number of anilines is 1. The van der Waals surface area contributed by atoms with Crippen LogP contribution in [0.3, 0.4) is 0 Å². The van der Waals surface area contributed by atoms with E-state index < -0.39 is 16.1 Å². The van der Waals surface area contributed by atoms with Crippen molar-refractivity contribution in [2.45, 2.75) is 30.7 Å². The molecular weight excluding hydrogens is 410 g/mol. The molecule has 2 heterocycles. The monoisotopic (exact) mass is 429 g/mol. The predicted octanol–water partition coefficient (Wildman–Crippen LogP) is 3.99. The van der Waals surface area contributed by atoms with Crippen molar-refractivity contribution in [3.8, 4) is 0 Å². The standard InChI is InChI=1S/C21H20ClN3O3S/c1-14-16(22)8-3-9-17(14)24-21(26)18-10-5-13-25(18)29(27,28)19-11-2-6-15-7-4-12-23-20(15)19/h2-4,6-9,11-12,18H,5,10,13H2,1H3,(H,24,26). The second-order valence-corrected chi connectivity index (χ2v) is 9.27.